The maximum absolute atomic E-state index is 10.4. The van der Waals surface area contributed by atoms with E-state index in [4.69, 9.17) is 4.74 Å². The Labute approximate surface area is 125 Å². The first-order valence-corrected chi connectivity index (χ1v) is 7.32. The molecule has 3 aromatic rings. The normalized spacial score (nSPS) is 12.0. The molecule has 0 aromatic heterocycles. The molecule has 0 atom stereocenters. The van der Waals surface area contributed by atoms with Gasteiger partial charge in [-0.2, -0.15) is 0 Å². The van der Waals surface area contributed by atoms with Gasteiger partial charge < -0.3 is 9.84 Å². The highest BCUT2D eigenvalue weighted by Crippen LogP contribution is 2.38. The van der Waals surface area contributed by atoms with Crippen LogP contribution >= 0.6 is 0 Å². The van der Waals surface area contributed by atoms with Gasteiger partial charge in [0, 0.05) is 10.8 Å². The molecule has 2 nitrogen and oxygen atoms in total. The van der Waals surface area contributed by atoms with Crippen molar-refractivity contribution in [3.8, 4) is 5.75 Å². The van der Waals surface area contributed by atoms with Gasteiger partial charge in [0.1, 0.15) is 5.75 Å². The lowest BCUT2D eigenvalue weighted by atomic mass is 9.90. The Morgan fingerprint density at radius 3 is 2.38 bits per heavy atom. The van der Waals surface area contributed by atoms with E-state index in [1.54, 1.807) is 0 Å². The van der Waals surface area contributed by atoms with Gasteiger partial charge in [0.15, 0.2) is 0 Å². The monoisotopic (exact) mass is 280 g/mol. The van der Waals surface area contributed by atoms with Crippen LogP contribution in [-0.2, 0) is 5.60 Å². The van der Waals surface area contributed by atoms with E-state index in [1.165, 1.54) is 0 Å². The predicted molar refractivity (Wildman–Crippen MR) is 87.9 cm³/mol. The lowest BCUT2D eigenvalue weighted by Gasteiger charge is -2.21. The van der Waals surface area contributed by atoms with Crippen LogP contribution in [0.15, 0.2) is 48.5 Å². The van der Waals surface area contributed by atoms with E-state index in [0.717, 1.165) is 32.9 Å². The molecule has 108 valence electrons. The Morgan fingerprint density at radius 2 is 1.67 bits per heavy atom. The Morgan fingerprint density at radius 1 is 0.952 bits per heavy atom. The summed E-state index contributed by atoms with van der Waals surface area (Å²) in [5, 5.41) is 14.8. The van der Waals surface area contributed by atoms with Gasteiger partial charge in [-0.05, 0) is 43.2 Å². The molecule has 0 aliphatic rings. The highest BCUT2D eigenvalue weighted by Gasteiger charge is 2.20. The molecule has 0 fully saturated rings. The van der Waals surface area contributed by atoms with Gasteiger partial charge >= 0.3 is 0 Å². The predicted octanol–water partition coefficient (Wildman–Crippen LogP) is 4.62. The van der Waals surface area contributed by atoms with E-state index in [1.807, 2.05) is 45.0 Å². The van der Waals surface area contributed by atoms with Gasteiger partial charge in [-0.15, -0.1) is 0 Å². The summed E-state index contributed by atoms with van der Waals surface area (Å²) >= 11 is 0. The Kier molecular flexibility index (Phi) is 3.34. The Bertz CT molecular complexity index is 798. The van der Waals surface area contributed by atoms with Crippen molar-refractivity contribution < 1.29 is 9.84 Å². The zero-order valence-electron chi connectivity index (χ0n) is 12.7. The fourth-order valence-corrected chi connectivity index (χ4v) is 2.88. The standard InChI is InChI=1S/C19H20O2/c1-4-21-18-14-9-6-5-8-13(14)12-16-15(18)10-7-11-17(16)19(2,3)20/h5-12,20H,4H2,1-3H3. The van der Waals surface area contributed by atoms with Crippen LogP contribution in [0, 0.1) is 0 Å². The molecule has 0 radical (unpaired) electrons. The maximum Gasteiger partial charge on any atom is 0.134 e. The minimum Gasteiger partial charge on any atom is -0.493 e. The van der Waals surface area contributed by atoms with Crippen LogP contribution in [0.5, 0.6) is 5.75 Å². The maximum atomic E-state index is 10.4. The van der Waals surface area contributed by atoms with Crippen LogP contribution in [0.2, 0.25) is 0 Å². The third-order valence-electron chi connectivity index (χ3n) is 3.80. The molecule has 21 heavy (non-hydrogen) atoms. The number of benzene rings is 3. The SMILES string of the molecule is CCOc1c2ccccc2cc2c(C(C)(C)O)cccc12. The number of rotatable bonds is 3. The van der Waals surface area contributed by atoms with Crippen molar-refractivity contribution >= 4 is 21.5 Å². The molecule has 0 heterocycles. The second-order valence-electron chi connectivity index (χ2n) is 5.82. The van der Waals surface area contributed by atoms with E-state index in [0.29, 0.717) is 6.61 Å². The molecule has 1 N–H and O–H groups in total. The fourth-order valence-electron chi connectivity index (χ4n) is 2.88. The summed E-state index contributed by atoms with van der Waals surface area (Å²) in [4.78, 5) is 0. The van der Waals surface area contributed by atoms with Crippen LogP contribution in [0.1, 0.15) is 26.3 Å². The fraction of sp³-hybridized carbons (Fsp3) is 0.263. The van der Waals surface area contributed by atoms with Crippen molar-refractivity contribution in [2.75, 3.05) is 6.61 Å². The molecule has 0 unspecified atom stereocenters. The van der Waals surface area contributed by atoms with Crippen molar-refractivity contribution in [2.45, 2.75) is 26.4 Å². The van der Waals surface area contributed by atoms with Crippen LogP contribution < -0.4 is 4.74 Å². The molecular formula is C19H20O2. The average Bonchev–Trinajstić information content (AvgIpc) is 2.45. The van der Waals surface area contributed by atoms with E-state index < -0.39 is 5.60 Å². The summed E-state index contributed by atoms with van der Waals surface area (Å²) in [5.41, 5.74) is 0.0394. The molecule has 0 aliphatic heterocycles. The quantitative estimate of drug-likeness (QED) is 0.709. The van der Waals surface area contributed by atoms with E-state index >= 15 is 0 Å². The van der Waals surface area contributed by atoms with E-state index in [9.17, 15) is 5.11 Å². The van der Waals surface area contributed by atoms with Gasteiger partial charge in [0.2, 0.25) is 0 Å². The molecule has 3 aromatic carbocycles. The summed E-state index contributed by atoms with van der Waals surface area (Å²) in [6, 6.07) is 16.4. The van der Waals surface area contributed by atoms with E-state index in [-0.39, 0.29) is 0 Å². The minimum absolute atomic E-state index is 0.621. The molecule has 0 saturated heterocycles. The smallest absolute Gasteiger partial charge is 0.134 e. The number of fused-ring (bicyclic) bond motifs is 2. The van der Waals surface area contributed by atoms with Gasteiger partial charge in [0.05, 0.1) is 12.2 Å². The molecule has 0 aliphatic carbocycles. The highest BCUT2D eigenvalue weighted by molar-refractivity contribution is 6.06. The summed E-state index contributed by atoms with van der Waals surface area (Å²) in [6.07, 6.45) is 0. The molecule has 0 bridgehead atoms. The van der Waals surface area contributed by atoms with Crippen molar-refractivity contribution in [1.29, 1.82) is 0 Å². The summed E-state index contributed by atoms with van der Waals surface area (Å²) in [5.74, 6) is 0.900. The number of hydrogen-bond donors (Lipinski definition) is 1. The number of ether oxygens (including phenoxy) is 1. The topological polar surface area (TPSA) is 29.5 Å². The first-order valence-electron chi connectivity index (χ1n) is 7.32. The summed E-state index contributed by atoms with van der Waals surface area (Å²) in [7, 11) is 0. The third-order valence-corrected chi connectivity index (χ3v) is 3.80. The Hall–Kier alpha value is -2.06. The van der Waals surface area contributed by atoms with Gasteiger partial charge in [-0.3, -0.25) is 0 Å². The van der Waals surface area contributed by atoms with Crippen LogP contribution in [-0.4, -0.2) is 11.7 Å². The lowest BCUT2D eigenvalue weighted by Crippen LogP contribution is -2.15. The number of hydrogen-bond acceptors (Lipinski definition) is 2. The largest absolute Gasteiger partial charge is 0.493 e. The zero-order valence-corrected chi connectivity index (χ0v) is 12.7. The second kappa shape index (κ2) is 5.05. The van der Waals surface area contributed by atoms with Crippen LogP contribution in [0.4, 0.5) is 0 Å². The zero-order chi connectivity index (χ0) is 15.0. The van der Waals surface area contributed by atoms with Crippen molar-refractivity contribution in [2.24, 2.45) is 0 Å². The Balaban J connectivity index is 2.47. The highest BCUT2D eigenvalue weighted by atomic mass is 16.5. The van der Waals surface area contributed by atoms with Crippen LogP contribution in [0.25, 0.3) is 21.5 Å². The first kappa shape index (κ1) is 13.9. The van der Waals surface area contributed by atoms with Gasteiger partial charge in [0.25, 0.3) is 0 Å². The van der Waals surface area contributed by atoms with Crippen molar-refractivity contribution in [1.82, 2.24) is 0 Å². The van der Waals surface area contributed by atoms with E-state index in [2.05, 4.69) is 24.3 Å². The summed E-state index contributed by atoms with van der Waals surface area (Å²) in [6.45, 7) is 6.25. The number of aliphatic hydroxyl groups is 1. The van der Waals surface area contributed by atoms with Crippen molar-refractivity contribution in [3.05, 3.63) is 54.1 Å². The van der Waals surface area contributed by atoms with Gasteiger partial charge in [-0.1, -0.05) is 42.5 Å². The molecule has 2 heteroatoms. The molecule has 0 spiro atoms. The summed E-state index contributed by atoms with van der Waals surface area (Å²) < 4.78 is 5.92. The second-order valence-corrected chi connectivity index (χ2v) is 5.82. The minimum atomic E-state index is -0.883. The third kappa shape index (κ3) is 2.36. The molecular weight excluding hydrogens is 260 g/mol. The average molecular weight is 280 g/mol. The van der Waals surface area contributed by atoms with Crippen molar-refractivity contribution in [3.63, 3.8) is 0 Å². The molecule has 3 rings (SSSR count). The first-order chi connectivity index (χ1) is 10.0. The van der Waals surface area contributed by atoms with Crippen LogP contribution in [0.3, 0.4) is 0 Å². The molecule has 0 saturated carbocycles. The molecule has 0 amide bonds. The van der Waals surface area contributed by atoms with Gasteiger partial charge in [-0.25, -0.2) is 0 Å². The lowest BCUT2D eigenvalue weighted by molar-refractivity contribution is 0.0802.